The van der Waals surface area contributed by atoms with Gasteiger partial charge in [0, 0.05) is 6.54 Å². The van der Waals surface area contributed by atoms with Gasteiger partial charge in [0.05, 0.1) is 19.1 Å². The van der Waals surface area contributed by atoms with E-state index < -0.39 is 15.1 Å². The van der Waals surface area contributed by atoms with Crippen molar-refractivity contribution >= 4 is 9.84 Å². The molecule has 0 unspecified atom stereocenters. The zero-order valence-corrected chi connectivity index (χ0v) is 13.3. The molecule has 22 heavy (non-hydrogen) atoms. The van der Waals surface area contributed by atoms with Crippen LogP contribution in [0, 0.1) is 0 Å². The number of rotatable bonds is 6. The molecule has 2 rings (SSSR count). The van der Waals surface area contributed by atoms with Gasteiger partial charge >= 0.3 is 0 Å². The SMILES string of the molecule is COc1ccc(S(=O)(=O)[C@@H](CN)c2cccc(OC)c2)cc1. The Labute approximate surface area is 130 Å². The predicted molar refractivity (Wildman–Crippen MR) is 85.0 cm³/mol. The maximum atomic E-state index is 12.8. The highest BCUT2D eigenvalue weighted by molar-refractivity contribution is 7.91. The molecule has 0 aliphatic carbocycles. The van der Waals surface area contributed by atoms with Crippen molar-refractivity contribution in [3.05, 3.63) is 54.1 Å². The van der Waals surface area contributed by atoms with Gasteiger partial charge in [-0.05, 0) is 42.0 Å². The molecular formula is C16H19NO4S. The average Bonchev–Trinajstić information content (AvgIpc) is 2.55. The van der Waals surface area contributed by atoms with Crippen LogP contribution >= 0.6 is 0 Å². The topological polar surface area (TPSA) is 78.6 Å². The maximum Gasteiger partial charge on any atom is 0.186 e. The summed E-state index contributed by atoms with van der Waals surface area (Å²) < 4.78 is 35.8. The minimum Gasteiger partial charge on any atom is -0.497 e. The normalized spacial score (nSPS) is 12.7. The fraction of sp³-hybridized carbons (Fsp3) is 0.250. The molecule has 118 valence electrons. The van der Waals surface area contributed by atoms with Crippen molar-refractivity contribution in [3.63, 3.8) is 0 Å². The van der Waals surface area contributed by atoms with Gasteiger partial charge in [-0.15, -0.1) is 0 Å². The Morgan fingerprint density at radius 1 is 1.00 bits per heavy atom. The van der Waals surface area contributed by atoms with Gasteiger partial charge in [-0.25, -0.2) is 8.42 Å². The smallest absolute Gasteiger partial charge is 0.186 e. The van der Waals surface area contributed by atoms with Gasteiger partial charge in [0.2, 0.25) is 0 Å². The van der Waals surface area contributed by atoms with E-state index in [1.54, 1.807) is 36.4 Å². The van der Waals surface area contributed by atoms with Crippen molar-refractivity contribution in [1.82, 2.24) is 0 Å². The molecular weight excluding hydrogens is 302 g/mol. The molecule has 1 atom stereocenters. The lowest BCUT2D eigenvalue weighted by molar-refractivity contribution is 0.414. The van der Waals surface area contributed by atoms with E-state index in [1.807, 2.05) is 0 Å². The van der Waals surface area contributed by atoms with Crippen LogP contribution in [0.4, 0.5) is 0 Å². The molecule has 0 saturated heterocycles. The summed E-state index contributed by atoms with van der Waals surface area (Å²) in [4.78, 5) is 0.214. The average molecular weight is 321 g/mol. The summed E-state index contributed by atoms with van der Waals surface area (Å²) in [7, 11) is -0.524. The lowest BCUT2D eigenvalue weighted by Crippen LogP contribution is -2.22. The van der Waals surface area contributed by atoms with Crippen molar-refractivity contribution in [2.45, 2.75) is 10.1 Å². The minimum atomic E-state index is -3.59. The number of nitrogens with two attached hydrogens (primary N) is 1. The van der Waals surface area contributed by atoms with Crippen LogP contribution in [-0.2, 0) is 9.84 Å². The van der Waals surface area contributed by atoms with Crippen molar-refractivity contribution in [3.8, 4) is 11.5 Å². The Balaban J connectivity index is 2.43. The van der Waals surface area contributed by atoms with E-state index in [0.29, 0.717) is 17.1 Å². The summed E-state index contributed by atoms with van der Waals surface area (Å²) in [6, 6.07) is 13.2. The van der Waals surface area contributed by atoms with Crippen LogP contribution in [0.15, 0.2) is 53.4 Å². The molecule has 0 aliphatic heterocycles. The van der Waals surface area contributed by atoms with E-state index in [9.17, 15) is 8.42 Å². The molecule has 0 heterocycles. The second-order valence-electron chi connectivity index (χ2n) is 4.72. The highest BCUT2D eigenvalue weighted by atomic mass is 32.2. The maximum absolute atomic E-state index is 12.8. The fourth-order valence-electron chi connectivity index (χ4n) is 2.21. The minimum absolute atomic E-state index is 0.0124. The third kappa shape index (κ3) is 3.23. The van der Waals surface area contributed by atoms with Crippen LogP contribution in [0.5, 0.6) is 11.5 Å². The summed E-state index contributed by atoms with van der Waals surface area (Å²) in [5.41, 5.74) is 6.34. The lowest BCUT2D eigenvalue weighted by Gasteiger charge is -2.17. The third-order valence-corrected chi connectivity index (χ3v) is 5.59. The Morgan fingerprint density at radius 2 is 1.64 bits per heavy atom. The standard InChI is InChI=1S/C16H19NO4S/c1-20-13-6-8-15(9-7-13)22(18,19)16(11-17)12-4-3-5-14(10-12)21-2/h3-10,16H,11,17H2,1-2H3/t16-/m0/s1. The molecule has 2 aromatic rings. The van der Waals surface area contributed by atoms with Gasteiger partial charge in [0.25, 0.3) is 0 Å². The van der Waals surface area contributed by atoms with Crippen LogP contribution in [-0.4, -0.2) is 29.2 Å². The van der Waals surface area contributed by atoms with Crippen molar-refractivity contribution in [2.24, 2.45) is 5.73 Å². The lowest BCUT2D eigenvalue weighted by atomic mass is 10.1. The summed E-state index contributed by atoms with van der Waals surface area (Å²) in [6.07, 6.45) is 0. The zero-order valence-electron chi connectivity index (χ0n) is 12.5. The van der Waals surface area contributed by atoms with Crippen LogP contribution in [0.25, 0.3) is 0 Å². The number of methoxy groups -OCH3 is 2. The number of hydrogen-bond acceptors (Lipinski definition) is 5. The highest BCUT2D eigenvalue weighted by Gasteiger charge is 2.28. The van der Waals surface area contributed by atoms with Gasteiger partial charge in [0.1, 0.15) is 16.7 Å². The van der Waals surface area contributed by atoms with Crippen molar-refractivity contribution in [2.75, 3.05) is 20.8 Å². The highest BCUT2D eigenvalue weighted by Crippen LogP contribution is 2.30. The summed E-state index contributed by atoms with van der Waals surface area (Å²) in [6.45, 7) is -0.0124. The van der Waals surface area contributed by atoms with Gasteiger partial charge in [-0.3, -0.25) is 0 Å². The van der Waals surface area contributed by atoms with Crippen molar-refractivity contribution in [1.29, 1.82) is 0 Å². The summed E-state index contributed by atoms with van der Waals surface area (Å²) in [5.74, 6) is 1.20. The van der Waals surface area contributed by atoms with E-state index in [4.69, 9.17) is 15.2 Å². The Bertz CT molecular complexity index is 726. The molecule has 0 fully saturated rings. The van der Waals surface area contributed by atoms with Crippen molar-refractivity contribution < 1.29 is 17.9 Å². The number of sulfone groups is 1. The van der Waals surface area contributed by atoms with Gasteiger partial charge in [0.15, 0.2) is 9.84 Å². The van der Waals surface area contributed by atoms with E-state index >= 15 is 0 Å². The monoisotopic (exact) mass is 321 g/mol. The van der Waals surface area contributed by atoms with Crippen LogP contribution < -0.4 is 15.2 Å². The molecule has 0 bridgehead atoms. The first-order valence-corrected chi connectivity index (χ1v) is 8.29. The summed E-state index contributed by atoms with van der Waals surface area (Å²) >= 11 is 0. The van der Waals surface area contributed by atoms with Gasteiger partial charge in [-0.2, -0.15) is 0 Å². The van der Waals surface area contributed by atoms with Gasteiger partial charge in [-0.1, -0.05) is 12.1 Å². The van der Waals surface area contributed by atoms with Crippen LogP contribution in [0.1, 0.15) is 10.8 Å². The first-order valence-electron chi connectivity index (χ1n) is 6.75. The number of ether oxygens (including phenoxy) is 2. The molecule has 0 amide bonds. The first-order chi connectivity index (χ1) is 10.5. The van der Waals surface area contributed by atoms with E-state index in [0.717, 1.165) is 0 Å². The predicted octanol–water partition coefficient (Wildman–Crippen LogP) is 2.18. The molecule has 0 spiro atoms. The third-order valence-electron chi connectivity index (χ3n) is 3.44. The van der Waals surface area contributed by atoms with E-state index in [-0.39, 0.29) is 11.4 Å². The molecule has 2 N–H and O–H groups in total. The molecule has 0 saturated carbocycles. The van der Waals surface area contributed by atoms with Gasteiger partial charge < -0.3 is 15.2 Å². The molecule has 0 radical (unpaired) electrons. The van der Waals surface area contributed by atoms with E-state index in [1.165, 1.54) is 26.4 Å². The summed E-state index contributed by atoms with van der Waals surface area (Å²) in [5, 5.41) is -0.823. The number of hydrogen-bond donors (Lipinski definition) is 1. The second-order valence-corrected chi connectivity index (χ2v) is 6.85. The second kappa shape index (κ2) is 6.81. The Hall–Kier alpha value is -2.05. The van der Waals surface area contributed by atoms with E-state index in [2.05, 4.69) is 0 Å². The fourth-order valence-corrected chi connectivity index (χ4v) is 3.82. The zero-order chi connectivity index (χ0) is 16.2. The largest absolute Gasteiger partial charge is 0.497 e. The Morgan fingerprint density at radius 3 is 2.18 bits per heavy atom. The van der Waals surface area contributed by atoms with Crippen LogP contribution in [0.2, 0.25) is 0 Å². The quantitative estimate of drug-likeness (QED) is 0.882. The molecule has 0 aliphatic rings. The number of benzene rings is 2. The first kappa shape index (κ1) is 16.3. The Kier molecular flexibility index (Phi) is 5.05. The molecule has 0 aromatic heterocycles. The van der Waals surface area contributed by atoms with Crippen LogP contribution in [0.3, 0.4) is 0 Å². The molecule has 2 aromatic carbocycles. The molecule has 6 heteroatoms. The molecule has 5 nitrogen and oxygen atoms in total.